The molecule has 6 nitrogen and oxygen atoms in total. The molecule has 2 aliphatic rings. The van der Waals surface area contributed by atoms with Gasteiger partial charge in [-0.1, -0.05) is 60.7 Å². The van der Waals surface area contributed by atoms with Gasteiger partial charge in [-0.15, -0.1) is 18.5 Å². The first-order valence-corrected chi connectivity index (χ1v) is 12.9. The van der Waals surface area contributed by atoms with Gasteiger partial charge in [0.1, 0.15) is 24.9 Å². The summed E-state index contributed by atoms with van der Waals surface area (Å²) in [6.45, 7) is 0.895. The summed E-state index contributed by atoms with van der Waals surface area (Å²) < 4.78 is 17.1. The smallest absolute Gasteiger partial charge is 0.331 e. The van der Waals surface area contributed by atoms with E-state index in [1.165, 1.54) is 17.2 Å². The molecule has 0 bridgehead atoms. The molecule has 0 saturated carbocycles. The van der Waals surface area contributed by atoms with Crippen molar-refractivity contribution in [2.75, 3.05) is 19.8 Å². The van der Waals surface area contributed by atoms with E-state index in [1.54, 1.807) is 6.08 Å². The molecule has 2 aliphatic heterocycles. The maximum atomic E-state index is 12.3. The van der Waals surface area contributed by atoms with Gasteiger partial charge < -0.3 is 14.2 Å². The molecule has 2 unspecified atom stereocenters. The Morgan fingerprint density at radius 1 is 0.853 bits per heavy atom. The number of fused-ring (bicyclic) bond motifs is 1. The Morgan fingerprint density at radius 3 is 2.03 bits per heavy atom. The van der Waals surface area contributed by atoms with E-state index in [1.807, 2.05) is 36.4 Å². The van der Waals surface area contributed by atoms with Gasteiger partial charge in [0.05, 0.1) is 13.2 Å². The van der Waals surface area contributed by atoms with Gasteiger partial charge >= 0.3 is 5.97 Å². The molecule has 0 aromatic heterocycles. The van der Waals surface area contributed by atoms with Gasteiger partial charge in [0.25, 0.3) is 0 Å². The summed E-state index contributed by atoms with van der Waals surface area (Å²) in [4.78, 5) is 23.1. The third-order valence-electron chi connectivity index (χ3n) is 5.74. The largest absolute Gasteiger partial charge is 0.454 e. The summed E-state index contributed by atoms with van der Waals surface area (Å²) in [5.74, 6) is -0.426. The van der Waals surface area contributed by atoms with Gasteiger partial charge in [-0.3, -0.25) is 0 Å². The molecule has 2 aromatic rings. The van der Waals surface area contributed by atoms with E-state index < -0.39 is 12.1 Å². The Hall–Kier alpha value is -1.91. The topological polar surface area (TPSA) is 63.2 Å². The predicted molar refractivity (Wildman–Crippen MR) is 138 cm³/mol. The molecule has 2 saturated heterocycles. The zero-order valence-corrected chi connectivity index (χ0v) is 21.2. The van der Waals surface area contributed by atoms with Crippen molar-refractivity contribution in [2.24, 2.45) is 0 Å². The first kappa shape index (κ1) is 25.2. The predicted octanol–water partition coefficient (Wildman–Crippen LogP) is 4.19. The van der Waals surface area contributed by atoms with E-state index >= 15 is 0 Å². The van der Waals surface area contributed by atoms with Crippen molar-refractivity contribution >= 4 is 36.6 Å². The summed E-state index contributed by atoms with van der Waals surface area (Å²) in [7, 11) is 5.40. The highest BCUT2D eigenvalue weighted by Crippen LogP contribution is 2.30. The SMILES string of the molecule is O=C(/C=C/c1ccc(CP)cc1)O[C@H]1CO[C@H]2[C@@H]1OC[C@@H]2OOC/C=C/c1ccc(CP)cc1. The zero-order chi connectivity index (χ0) is 23.8. The van der Waals surface area contributed by atoms with Crippen LogP contribution in [0.1, 0.15) is 22.3 Å². The molecule has 2 heterocycles. The minimum absolute atomic E-state index is 0.268. The number of carbonyl (C=O) groups is 1. The molecular weight excluding hydrogens is 470 g/mol. The highest BCUT2D eigenvalue weighted by atomic mass is 31.0. The fraction of sp³-hybridized carbons (Fsp3) is 0.346. The molecular formula is C26H30O6P2. The van der Waals surface area contributed by atoms with Crippen molar-refractivity contribution in [1.82, 2.24) is 0 Å². The van der Waals surface area contributed by atoms with Gasteiger partial charge in [-0.25, -0.2) is 14.6 Å². The molecule has 0 aliphatic carbocycles. The molecule has 0 spiro atoms. The van der Waals surface area contributed by atoms with Crippen LogP contribution in [0.4, 0.5) is 0 Å². The van der Waals surface area contributed by atoms with E-state index in [4.69, 9.17) is 24.0 Å². The monoisotopic (exact) mass is 500 g/mol. The summed E-state index contributed by atoms with van der Waals surface area (Å²) in [6, 6.07) is 16.3. The summed E-state index contributed by atoms with van der Waals surface area (Å²) in [6.07, 6.45) is 7.35. The van der Waals surface area contributed by atoms with Crippen LogP contribution in [-0.4, -0.2) is 50.2 Å². The van der Waals surface area contributed by atoms with Gasteiger partial charge in [-0.05, 0) is 40.7 Å². The Labute approximate surface area is 205 Å². The minimum atomic E-state index is -0.473. The van der Waals surface area contributed by atoms with Crippen LogP contribution < -0.4 is 0 Å². The van der Waals surface area contributed by atoms with E-state index in [9.17, 15) is 4.79 Å². The molecule has 0 N–H and O–H groups in total. The van der Waals surface area contributed by atoms with Crippen molar-refractivity contribution in [3.8, 4) is 0 Å². The number of hydrogen-bond acceptors (Lipinski definition) is 6. The van der Waals surface area contributed by atoms with E-state index in [0.717, 1.165) is 23.5 Å². The molecule has 180 valence electrons. The van der Waals surface area contributed by atoms with Crippen LogP contribution in [0.25, 0.3) is 12.2 Å². The van der Waals surface area contributed by atoms with Crippen LogP contribution in [0.2, 0.25) is 0 Å². The second kappa shape index (κ2) is 12.7. The van der Waals surface area contributed by atoms with Crippen LogP contribution in [-0.2, 0) is 41.1 Å². The van der Waals surface area contributed by atoms with Crippen LogP contribution in [0.3, 0.4) is 0 Å². The van der Waals surface area contributed by atoms with E-state index in [2.05, 4.69) is 42.7 Å². The van der Waals surface area contributed by atoms with Crippen LogP contribution in [0.15, 0.2) is 60.7 Å². The summed E-state index contributed by atoms with van der Waals surface area (Å²) >= 11 is 0. The van der Waals surface area contributed by atoms with Gasteiger partial charge in [0, 0.05) is 6.08 Å². The van der Waals surface area contributed by atoms with Gasteiger partial charge in [-0.2, -0.15) is 0 Å². The molecule has 4 rings (SSSR count). The zero-order valence-electron chi connectivity index (χ0n) is 18.9. The first-order valence-electron chi connectivity index (χ1n) is 11.3. The molecule has 0 amide bonds. The highest BCUT2D eigenvalue weighted by molar-refractivity contribution is 7.15. The average Bonchev–Trinajstić information content (AvgIpc) is 3.46. The van der Waals surface area contributed by atoms with Crippen LogP contribution in [0, 0.1) is 0 Å². The van der Waals surface area contributed by atoms with Crippen LogP contribution >= 0.6 is 18.5 Å². The Bertz CT molecular complexity index is 989. The third-order valence-corrected chi connectivity index (χ3v) is 6.68. The van der Waals surface area contributed by atoms with Gasteiger partial charge in [0.2, 0.25) is 0 Å². The first-order chi connectivity index (χ1) is 16.7. The number of ether oxygens (including phenoxy) is 3. The molecule has 34 heavy (non-hydrogen) atoms. The lowest BCUT2D eigenvalue weighted by Gasteiger charge is -2.16. The lowest BCUT2D eigenvalue weighted by Crippen LogP contribution is -2.34. The third kappa shape index (κ3) is 6.82. The maximum Gasteiger partial charge on any atom is 0.331 e. The number of hydrogen-bond donors (Lipinski definition) is 0. The molecule has 8 heteroatoms. The number of benzene rings is 2. The fourth-order valence-electron chi connectivity index (χ4n) is 3.85. The maximum absolute atomic E-state index is 12.3. The molecule has 2 fully saturated rings. The minimum Gasteiger partial charge on any atom is -0.454 e. The molecule has 2 aromatic carbocycles. The van der Waals surface area contributed by atoms with Crippen molar-refractivity contribution in [3.63, 3.8) is 0 Å². The highest BCUT2D eigenvalue weighted by Gasteiger charge is 2.50. The standard InChI is InChI=1S/C26H30O6P2/c27-24(12-11-19-5-9-21(17-34)10-6-19)31-22-14-28-26-23(15-29-25(22)26)32-30-13-1-2-18-3-7-20(16-33)8-4-18/h1-12,22-23,25-26H,13-17,33-34H2/b2-1+,12-11+/t22-,23-,25+,26+/m0/s1. The second-order valence-electron chi connectivity index (χ2n) is 8.12. The number of esters is 1. The fourth-order valence-corrected chi connectivity index (χ4v) is 4.39. The quantitative estimate of drug-likeness (QED) is 0.122. The number of carbonyl (C=O) groups excluding carboxylic acids is 1. The van der Waals surface area contributed by atoms with Crippen molar-refractivity contribution in [1.29, 1.82) is 0 Å². The van der Waals surface area contributed by atoms with E-state index in [-0.39, 0.29) is 24.9 Å². The Kier molecular flexibility index (Phi) is 9.41. The molecule has 0 radical (unpaired) electrons. The lowest BCUT2D eigenvalue weighted by molar-refractivity contribution is -0.326. The summed E-state index contributed by atoms with van der Waals surface area (Å²) in [5, 5.41) is 0. The average molecular weight is 500 g/mol. The Balaban J connectivity index is 1.18. The van der Waals surface area contributed by atoms with Crippen LogP contribution in [0.5, 0.6) is 0 Å². The van der Waals surface area contributed by atoms with Crippen molar-refractivity contribution < 1.29 is 28.8 Å². The van der Waals surface area contributed by atoms with Crippen molar-refractivity contribution in [2.45, 2.75) is 36.7 Å². The second-order valence-corrected chi connectivity index (χ2v) is 8.93. The summed E-state index contributed by atoms with van der Waals surface area (Å²) in [5.41, 5.74) is 4.53. The molecule has 6 atom stereocenters. The van der Waals surface area contributed by atoms with E-state index in [0.29, 0.717) is 13.2 Å². The Morgan fingerprint density at radius 2 is 1.41 bits per heavy atom. The van der Waals surface area contributed by atoms with Crippen molar-refractivity contribution in [3.05, 3.63) is 82.9 Å². The lowest BCUT2D eigenvalue weighted by atomic mass is 10.1. The van der Waals surface area contributed by atoms with Gasteiger partial charge in [0.15, 0.2) is 6.10 Å². The normalized spacial score (nSPS) is 24.2. The number of rotatable bonds is 10.